The highest BCUT2D eigenvalue weighted by Gasteiger charge is 2.32. The molecule has 8 heteroatoms. The number of urea groups is 1. The minimum Gasteiger partial charge on any atom is -0.483 e. The second-order valence-electron chi connectivity index (χ2n) is 6.98. The van der Waals surface area contributed by atoms with Crippen molar-refractivity contribution < 1.29 is 19.4 Å². The normalized spacial score (nSPS) is 19.7. The second-order valence-corrected chi connectivity index (χ2v) is 6.98. The number of amides is 2. The minimum absolute atomic E-state index is 0.0816. The Balaban J connectivity index is 0.000000817. The predicted molar refractivity (Wildman–Crippen MR) is 102 cm³/mol. The molecule has 2 fully saturated rings. The van der Waals surface area contributed by atoms with Crippen LogP contribution in [0, 0.1) is 5.92 Å². The van der Waals surface area contributed by atoms with Crippen molar-refractivity contribution in [2.24, 2.45) is 5.92 Å². The maximum absolute atomic E-state index is 12.2. The van der Waals surface area contributed by atoms with Gasteiger partial charge >= 0.3 is 6.03 Å². The van der Waals surface area contributed by atoms with E-state index >= 15 is 0 Å². The number of pyridine rings is 1. The van der Waals surface area contributed by atoms with Crippen LogP contribution in [0.3, 0.4) is 0 Å². The van der Waals surface area contributed by atoms with Crippen LogP contribution in [0.4, 0.5) is 4.79 Å². The van der Waals surface area contributed by atoms with E-state index in [1.807, 2.05) is 29.4 Å². The van der Waals surface area contributed by atoms with Gasteiger partial charge in [-0.15, -0.1) is 0 Å². The Bertz CT molecular complexity index is 566. The molecule has 2 aliphatic rings. The van der Waals surface area contributed by atoms with Gasteiger partial charge in [0, 0.05) is 64.8 Å². The summed E-state index contributed by atoms with van der Waals surface area (Å²) in [5.41, 5.74) is 1.27. The van der Waals surface area contributed by atoms with Gasteiger partial charge in [0.1, 0.15) is 0 Å². The van der Waals surface area contributed by atoms with Crippen LogP contribution in [0.25, 0.3) is 0 Å². The van der Waals surface area contributed by atoms with Crippen molar-refractivity contribution in [1.82, 2.24) is 20.1 Å². The predicted octanol–water partition coefficient (Wildman–Crippen LogP) is 1.25. The van der Waals surface area contributed by atoms with E-state index in [2.05, 4.69) is 15.2 Å². The molecule has 1 aromatic heterocycles. The summed E-state index contributed by atoms with van der Waals surface area (Å²) in [4.78, 5) is 29.0. The number of carboxylic acid groups (broad SMARTS) is 1. The first-order valence-electron chi connectivity index (χ1n) is 9.39. The molecule has 0 radical (unpaired) electrons. The van der Waals surface area contributed by atoms with Gasteiger partial charge < -0.3 is 25.0 Å². The number of methoxy groups -OCH3 is 1. The fourth-order valence-electron chi connectivity index (χ4n) is 3.55. The number of nitrogens with zero attached hydrogens (tertiary/aromatic N) is 3. The molecule has 2 saturated heterocycles. The van der Waals surface area contributed by atoms with Crippen molar-refractivity contribution in [3.8, 4) is 0 Å². The van der Waals surface area contributed by atoms with Gasteiger partial charge in [0.05, 0.1) is 0 Å². The summed E-state index contributed by atoms with van der Waals surface area (Å²) >= 11 is 0. The zero-order valence-electron chi connectivity index (χ0n) is 15.9. The van der Waals surface area contributed by atoms with E-state index in [1.54, 1.807) is 7.11 Å². The molecule has 27 heavy (non-hydrogen) atoms. The summed E-state index contributed by atoms with van der Waals surface area (Å²) in [6.45, 7) is 6.30. The van der Waals surface area contributed by atoms with Crippen LogP contribution in [-0.2, 0) is 9.53 Å². The molecule has 1 aromatic rings. The smallest absolute Gasteiger partial charge is 0.317 e. The van der Waals surface area contributed by atoms with Gasteiger partial charge in [-0.3, -0.25) is 9.78 Å². The van der Waals surface area contributed by atoms with Gasteiger partial charge in [0.15, 0.2) is 0 Å². The van der Waals surface area contributed by atoms with Crippen molar-refractivity contribution in [2.45, 2.75) is 18.8 Å². The van der Waals surface area contributed by atoms with Crippen LogP contribution in [-0.4, -0.2) is 85.4 Å². The number of hydrogen-bond acceptors (Lipinski definition) is 5. The first kappa shape index (κ1) is 21.1. The second kappa shape index (κ2) is 11.5. The highest BCUT2D eigenvalue weighted by molar-refractivity contribution is 5.75. The van der Waals surface area contributed by atoms with Crippen LogP contribution in [0.5, 0.6) is 0 Å². The van der Waals surface area contributed by atoms with Crippen molar-refractivity contribution in [3.63, 3.8) is 0 Å². The largest absolute Gasteiger partial charge is 0.483 e. The molecule has 0 spiro atoms. The number of likely N-dealkylation sites (tertiary alicyclic amines) is 2. The van der Waals surface area contributed by atoms with E-state index in [0.717, 1.165) is 52.3 Å². The zero-order valence-corrected chi connectivity index (χ0v) is 15.9. The van der Waals surface area contributed by atoms with E-state index in [0.29, 0.717) is 11.8 Å². The van der Waals surface area contributed by atoms with Gasteiger partial charge in [-0.2, -0.15) is 0 Å². The third-order valence-electron chi connectivity index (χ3n) is 5.08. The number of carbonyl (C=O) groups is 2. The average Bonchev–Trinajstić information content (AvgIpc) is 3.08. The number of aromatic nitrogens is 1. The van der Waals surface area contributed by atoms with Crippen LogP contribution >= 0.6 is 0 Å². The van der Waals surface area contributed by atoms with Crippen LogP contribution < -0.4 is 5.32 Å². The number of carbonyl (C=O) groups excluding carboxylic acids is 1. The van der Waals surface area contributed by atoms with Gasteiger partial charge in [-0.05, 0) is 43.0 Å². The monoisotopic (exact) mass is 378 g/mol. The molecular formula is C19H30N4O4. The number of rotatable bonds is 7. The molecule has 2 N–H and O–H groups in total. The molecule has 0 aromatic carbocycles. The number of nitrogens with one attached hydrogen (secondary N) is 1. The minimum atomic E-state index is -0.250. The van der Waals surface area contributed by atoms with Crippen LogP contribution in [0.1, 0.15) is 24.3 Å². The third-order valence-corrected chi connectivity index (χ3v) is 5.08. The molecule has 3 rings (SSSR count). The fourth-order valence-corrected chi connectivity index (χ4v) is 3.55. The van der Waals surface area contributed by atoms with Gasteiger partial charge in [-0.1, -0.05) is 0 Å². The molecule has 3 heterocycles. The van der Waals surface area contributed by atoms with E-state index < -0.39 is 0 Å². The van der Waals surface area contributed by atoms with E-state index in [1.165, 1.54) is 12.0 Å². The Labute approximate surface area is 160 Å². The lowest BCUT2D eigenvalue weighted by Crippen LogP contribution is -2.53. The highest BCUT2D eigenvalue weighted by atomic mass is 16.5. The van der Waals surface area contributed by atoms with E-state index in [4.69, 9.17) is 14.6 Å². The molecule has 2 aliphatic heterocycles. The topological polar surface area (TPSA) is 95.0 Å². The van der Waals surface area contributed by atoms with Crippen molar-refractivity contribution >= 4 is 12.5 Å². The first-order valence-corrected chi connectivity index (χ1v) is 9.39. The van der Waals surface area contributed by atoms with E-state index in [9.17, 15) is 4.79 Å². The molecule has 2 amide bonds. The fraction of sp³-hybridized carbons (Fsp3) is 0.632. The maximum Gasteiger partial charge on any atom is 0.317 e. The van der Waals surface area contributed by atoms with Gasteiger partial charge in [-0.25, -0.2) is 4.79 Å². The summed E-state index contributed by atoms with van der Waals surface area (Å²) in [6, 6.07) is 4.16. The Morgan fingerprint density at radius 2 is 2.07 bits per heavy atom. The van der Waals surface area contributed by atoms with Crippen LogP contribution in [0.15, 0.2) is 24.5 Å². The van der Waals surface area contributed by atoms with Gasteiger partial charge in [0.25, 0.3) is 6.47 Å². The molecule has 150 valence electrons. The van der Waals surface area contributed by atoms with Crippen molar-refractivity contribution in [2.75, 3.05) is 53.0 Å². The van der Waals surface area contributed by atoms with Crippen LogP contribution in [0.2, 0.25) is 0 Å². The summed E-state index contributed by atoms with van der Waals surface area (Å²) in [5.74, 6) is 1.04. The Morgan fingerprint density at radius 1 is 1.37 bits per heavy atom. The average molecular weight is 378 g/mol. The molecular weight excluding hydrogens is 348 g/mol. The Hall–Kier alpha value is -2.19. The summed E-state index contributed by atoms with van der Waals surface area (Å²) < 4.78 is 5.10. The molecule has 1 atom stereocenters. The highest BCUT2D eigenvalue weighted by Crippen LogP contribution is 2.26. The summed E-state index contributed by atoms with van der Waals surface area (Å²) in [6.07, 6.45) is 5.89. The maximum atomic E-state index is 12.2. The summed E-state index contributed by atoms with van der Waals surface area (Å²) in [7, 11) is 1.75. The number of ether oxygens (including phenoxy) is 1. The van der Waals surface area contributed by atoms with Gasteiger partial charge in [0.2, 0.25) is 0 Å². The standard InChI is InChI=1S/C18H28N4O2.CH2O2/c1-24-10-2-8-21-9-5-15(12-21)11-20-18(23)22-13-17(14-22)16-3-6-19-7-4-16;2-1-3/h3-4,6-7,15,17H,2,5,8-14H2,1H3,(H,20,23);1H,(H,2,3). The quantitative estimate of drug-likeness (QED) is 0.548. The molecule has 1 unspecified atom stereocenters. The third kappa shape index (κ3) is 6.80. The lowest BCUT2D eigenvalue weighted by Gasteiger charge is -2.39. The zero-order chi connectivity index (χ0) is 19.5. The Morgan fingerprint density at radius 3 is 2.74 bits per heavy atom. The Kier molecular flexibility index (Phi) is 9.00. The molecule has 8 nitrogen and oxygen atoms in total. The van der Waals surface area contributed by atoms with E-state index in [-0.39, 0.29) is 12.5 Å². The molecule has 0 aliphatic carbocycles. The number of hydrogen-bond donors (Lipinski definition) is 2. The molecule has 0 bridgehead atoms. The SMILES string of the molecule is COCCCN1CCC(CNC(=O)N2CC(c3ccncc3)C2)C1.O=CO. The first-order chi connectivity index (χ1) is 13.2. The lowest BCUT2D eigenvalue weighted by molar-refractivity contribution is -0.122. The van der Waals surface area contributed by atoms with Crippen molar-refractivity contribution in [3.05, 3.63) is 30.1 Å². The summed E-state index contributed by atoms with van der Waals surface area (Å²) in [5, 5.41) is 10.00. The van der Waals surface area contributed by atoms with Crippen molar-refractivity contribution in [1.29, 1.82) is 0 Å². The lowest BCUT2D eigenvalue weighted by atomic mass is 9.93. The molecule has 0 saturated carbocycles.